The van der Waals surface area contributed by atoms with Gasteiger partial charge in [0.05, 0.1) is 19.4 Å². The number of hydrogen-bond acceptors (Lipinski definition) is 6. The van der Waals surface area contributed by atoms with Crippen molar-refractivity contribution in [2.24, 2.45) is 0 Å². The van der Waals surface area contributed by atoms with E-state index in [9.17, 15) is 4.79 Å². The third kappa shape index (κ3) is 2.76. The van der Waals surface area contributed by atoms with E-state index >= 15 is 0 Å². The predicted molar refractivity (Wildman–Crippen MR) is 97.3 cm³/mol. The van der Waals surface area contributed by atoms with E-state index in [2.05, 4.69) is 9.36 Å². The molecule has 0 N–H and O–H groups in total. The molecule has 0 saturated heterocycles. The van der Waals surface area contributed by atoms with Gasteiger partial charge in [-0.05, 0) is 54.7 Å². The molecule has 0 bridgehead atoms. The molecular weight excluding hydrogens is 336 g/mol. The average Bonchev–Trinajstić information content (AvgIpc) is 3.39. The van der Waals surface area contributed by atoms with Gasteiger partial charge in [-0.2, -0.15) is 4.37 Å². The fourth-order valence-electron chi connectivity index (χ4n) is 3.14. The summed E-state index contributed by atoms with van der Waals surface area (Å²) in [6.07, 6.45) is 3.92. The Morgan fingerprint density at radius 3 is 2.84 bits per heavy atom. The van der Waals surface area contributed by atoms with Gasteiger partial charge in [0, 0.05) is 22.7 Å². The molecule has 3 aromatic rings. The Kier molecular flexibility index (Phi) is 4.13. The summed E-state index contributed by atoms with van der Waals surface area (Å²) in [7, 11) is 1.62. The maximum Gasteiger partial charge on any atom is 0.350 e. The average molecular weight is 354 g/mol. The minimum atomic E-state index is -0.271. The van der Waals surface area contributed by atoms with E-state index in [-0.39, 0.29) is 5.97 Å². The number of benzene rings is 1. The zero-order chi connectivity index (χ0) is 17.4. The van der Waals surface area contributed by atoms with Gasteiger partial charge in [0.15, 0.2) is 0 Å². The van der Waals surface area contributed by atoms with Gasteiger partial charge in [0.25, 0.3) is 0 Å². The zero-order valence-corrected chi connectivity index (χ0v) is 14.9. The molecule has 2 aromatic heterocycles. The summed E-state index contributed by atoms with van der Waals surface area (Å²) in [6, 6.07) is 7.97. The molecule has 25 heavy (non-hydrogen) atoms. The molecule has 5 nitrogen and oxygen atoms in total. The maximum atomic E-state index is 12.3. The molecular formula is C19H18N2O3S. The van der Waals surface area contributed by atoms with Crippen molar-refractivity contribution < 1.29 is 14.3 Å². The highest BCUT2D eigenvalue weighted by molar-refractivity contribution is 7.08. The predicted octanol–water partition coefficient (Wildman–Crippen LogP) is 4.42. The van der Waals surface area contributed by atoms with Crippen molar-refractivity contribution in [2.45, 2.75) is 25.7 Å². The quantitative estimate of drug-likeness (QED) is 0.635. The van der Waals surface area contributed by atoms with E-state index in [1.54, 1.807) is 13.3 Å². The second-order valence-electron chi connectivity index (χ2n) is 5.99. The van der Waals surface area contributed by atoms with Crippen LogP contribution in [0.25, 0.3) is 22.0 Å². The largest absolute Gasteiger partial charge is 0.481 e. The van der Waals surface area contributed by atoms with E-state index in [0.29, 0.717) is 23.3 Å². The number of carbonyl (C=O) groups excluding carboxylic acids is 1. The van der Waals surface area contributed by atoms with E-state index in [1.807, 2.05) is 31.2 Å². The van der Waals surface area contributed by atoms with Crippen LogP contribution in [0.15, 0.2) is 30.5 Å². The van der Waals surface area contributed by atoms with Gasteiger partial charge in [-0.15, -0.1) is 0 Å². The van der Waals surface area contributed by atoms with Gasteiger partial charge in [-0.25, -0.2) is 9.78 Å². The van der Waals surface area contributed by atoms with Crippen molar-refractivity contribution in [1.82, 2.24) is 9.36 Å². The number of pyridine rings is 1. The van der Waals surface area contributed by atoms with E-state index in [4.69, 9.17) is 9.47 Å². The van der Waals surface area contributed by atoms with E-state index in [1.165, 1.54) is 11.5 Å². The minimum Gasteiger partial charge on any atom is -0.481 e. The molecule has 0 unspecified atom stereocenters. The molecule has 1 fully saturated rings. The number of hydrogen-bond donors (Lipinski definition) is 0. The Labute approximate surface area is 149 Å². The lowest BCUT2D eigenvalue weighted by Crippen LogP contribution is -2.05. The van der Waals surface area contributed by atoms with Crippen molar-refractivity contribution in [2.75, 3.05) is 13.7 Å². The Balaban J connectivity index is 1.91. The lowest BCUT2D eigenvalue weighted by atomic mass is 9.98. The maximum absolute atomic E-state index is 12.3. The first-order valence-corrected chi connectivity index (χ1v) is 9.10. The second-order valence-corrected chi connectivity index (χ2v) is 6.76. The highest BCUT2D eigenvalue weighted by Crippen LogP contribution is 2.48. The number of carbonyl (C=O) groups is 1. The first-order chi connectivity index (χ1) is 12.2. The monoisotopic (exact) mass is 354 g/mol. The number of ether oxygens (including phenoxy) is 2. The normalized spacial score (nSPS) is 13.8. The van der Waals surface area contributed by atoms with Crippen LogP contribution in [-0.4, -0.2) is 29.0 Å². The summed E-state index contributed by atoms with van der Waals surface area (Å²) in [4.78, 5) is 17.2. The van der Waals surface area contributed by atoms with Gasteiger partial charge in [-0.1, -0.05) is 12.1 Å². The third-order valence-electron chi connectivity index (χ3n) is 4.39. The Hall–Kier alpha value is -2.47. The van der Waals surface area contributed by atoms with E-state index in [0.717, 1.165) is 40.4 Å². The summed E-state index contributed by atoms with van der Waals surface area (Å²) in [5.74, 6) is 0.716. The van der Waals surface area contributed by atoms with Gasteiger partial charge < -0.3 is 9.47 Å². The van der Waals surface area contributed by atoms with Crippen LogP contribution in [-0.2, 0) is 4.74 Å². The molecule has 6 heteroatoms. The first kappa shape index (κ1) is 16.0. The molecule has 0 atom stereocenters. The zero-order valence-electron chi connectivity index (χ0n) is 14.1. The molecule has 4 rings (SSSR count). The number of fused-ring (bicyclic) bond motifs is 1. The van der Waals surface area contributed by atoms with Crippen LogP contribution in [0.1, 0.15) is 40.9 Å². The van der Waals surface area contributed by atoms with Crippen LogP contribution in [0.3, 0.4) is 0 Å². The topological polar surface area (TPSA) is 61.3 Å². The molecule has 0 spiro atoms. The van der Waals surface area contributed by atoms with Crippen LogP contribution in [0, 0.1) is 0 Å². The minimum absolute atomic E-state index is 0.271. The lowest BCUT2D eigenvalue weighted by Gasteiger charge is -2.09. The molecule has 1 saturated carbocycles. The molecule has 1 aliphatic carbocycles. The fourth-order valence-corrected chi connectivity index (χ4v) is 4.01. The standard InChI is InChI=1S/C19H18N2O3S/c1-3-24-19(22)17-15(11-7-8-11)16(21-25-17)13-5-4-6-14-12(13)9-10-20-18(14)23-2/h4-6,9-11H,3,7-8H2,1-2H3. The summed E-state index contributed by atoms with van der Waals surface area (Å²) >= 11 is 1.23. The molecule has 0 radical (unpaired) electrons. The number of aromatic nitrogens is 2. The summed E-state index contributed by atoms with van der Waals surface area (Å²) in [6.45, 7) is 2.19. The van der Waals surface area contributed by atoms with Crippen molar-refractivity contribution in [3.05, 3.63) is 40.9 Å². The SMILES string of the molecule is CCOC(=O)c1snc(-c2cccc3c(OC)nccc23)c1C1CC1. The number of nitrogens with zero attached hydrogens (tertiary/aromatic N) is 2. The van der Waals surface area contributed by atoms with Crippen molar-refractivity contribution >= 4 is 28.3 Å². The fraction of sp³-hybridized carbons (Fsp3) is 0.316. The Bertz CT molecular complexity index is 947. The molecule has 1 aliphatic rings. The van der Waals surface area contributed by atoms with Gasteiger partial charge in [-0.3, -0.25) is 0 Å². The third-order valence-corrected chi connectivity index (χ3v) is 5.24. The highest BCUT2D eigenvalue weighted by atomic mass is 32.1. The van der Waals surface area contributed by atoms with Crippen molar-refractivity contribution in [3.8, 4) is 17.1 Å². The van der Waals surface area contributed by atoms with E-state index < -0.39 is 0 Å². The Morgan fingerprint density at radius 1 is 1.28 bits per heavy atom. The number of methoxy groups -OCH3 is 1. The molecule has 1 aromatic carbocycles. The number of esters is 1. The summed E-state index contributed by atoms with van der Waals surface area (Å²) in [5.41, 5.74) is 2.92. The Morgan fingerprint density at radius 2 is 2.12 bits per heavy atom. The van der Waals surface area contributed by atoms with Crippen molar-refractivity contribution in [1.29, 1.82) is 0 Å². The molecule has 0 amide bonds. The summed E-state index contributed by atoms with van der Waals surface area (Å²) < 4.78 is 15.2. The first-order valence-electron chi connectivity index (χ1n) is 8.33. The van der Waals surface area contributed by atoms with Crippen LogP contribution in [0.4, 0.5) is 0 Å². The highest BCUT2D eigenvalue weighted by Gasteiger charge is 2.34. The smallest absolute Gasteiger partial charge is 0.350 e. The van der Waals surface area contributed by atoms with Crippen LogP contribution >= 0.6 is 11.5 Å². The van der Waals surface area contributed by atoms with Gasteiger partial charge >= 0.3 is 5.97 Å². The van der Waals surface area contributed by atoms with Crippen molar-refractivity contribution in [3.63, 3.8) is 0 Å². The van der Waals surface area contributed by atoms with Crippen LogP contribution in [0.2, 0.25) is 0 Å². The van der Waals surface area contributed by atoms with Gasteiger partial charge in [0.2, 0.25) is 5.88 Å². The summed E-state index contributed by atoms with van der Waals surface area (Å²) in [5, 5.41) is 1.96. The second kappa shape index (κ2) is 6.44. The molecule has 2 heterocycles. The molecule has 128 valence electrons. The molecule has 0 aliphatic heterocycles. The van der Waals surface area contributed by atoms with Crippen LogP contribution in [0.5, 0.6) is 5.88 Å². The number of rotatable bonds is 5. The van der Waals surface area contributed by atoms with Crippen LogP contribution < -0.4 is 4.74 Å². The lowest BCUT2D eigenvalue weighted by molar-refractivity contribution is 0.0531. The van der Waals surface area contributed by atoms with Gasteiger partial charge in [0.1, 0.15) is 4.88 Å².